The molecular formula is C15H18N2O3S. The monoisotopic (exact) mass is 306 g/mol. The van der Waals surface area contributed by atoms with E-state index in [4.69, 9.17) is 10.5 Å². The zero-order valence-corrected chi connectivity index (χ0v) is 12.8. The smallest absolute Gasteiger partial charge is 0.262 e. The first-order valence-corrected chi connectivity index (χ1v) is 8.00. The van der Waals surface area contributed by atoms with Crippen LogP contribution in [0.15, 0.2) is 47.4 Å². The normalized spacial score (nSPS) is 11.1. The number of rotatable bonds is 5. The average Bonchev–Trinajstić information content (AvgIpc) is 2.47. The Morgan fingerprint density at radius 2 is 1.81 bits per heavy atom. The van der Waals surface area contributed by atoms with E-state index in [9.17, 15) is 8.42 Å². The zero-order chi connectivity index (χ0) is 15.5. The van der Waals surface area contributed by atoms with Gasteiger partial charge in [-0.1, -0.05) is 13.0 Å². The molecule has 0 aromatic heterocycles. The maximum atomic E-state index is 12.5. The van der Waals surface area contributed by atoms with Crippen molar-refractivity contribution in [1.82, 2.24) is 0 Å². The first-order valence-electron chi connectivity index (χ1n) is 6.51. The van der Waals surface area contributed by atoms with Crippen molar-refractivity contribution in [3.63, 3.8) is 0 Å². The zero-order valence-electron chi connectivity index (χ0n) is 12.0. The van der Waals surface area contributed by atoms with Gasteiger partial charge in [-0.25, -0.2) is 8.42 Å². The van der Waals surface area contributed by atoms with E-state index in [2.05, 4.69) is 4.72 Å². The topological polar surface area (TPSA) is 81.4 Å². The van der Waals surface area contributed by atoms with Gasteiger partial charge in [-0.2, -0.15) is 0 Å². The Kier molecular flexibility index (Phi) is 4.37. The van der Waals surface area contributed by atoms with Crippen molar-refractivity contribution in [2.75, 3.05) is 17.6 Å². The third kappa shape index (κ3) is 3.46. The molecule has 2 aromatic carbocycles. The highest BCUT2D eigenvalue weighted by Crippen LogP contribution is 2.23. The highest BCUT2D eigenvalue weighted by atomic mass is 32.2. The Morgan fingerprint density at radius 3 is 2.38 bits per heavy atom. The predicted molar refractivity (Wildman–Crippen MR) is 84.0 cm³/mol. The van der Waals surface area contributed by atoms with Crippen LogP contribution >= 0.6 is 0 Å². The van der Waals surface area contributed by atoms with Crippen molar-refractivity contribution in [3.05, 3.63) is 48.0 Å². The molecule has 5 nitrogen and oxygen atoms in total. The summed E-state index contributed by atoms with van der Waals surface area (Å²) in [5.41, 5.74) is 7.32. The molecular weight excluding hydrogens is 288 g/mol. The molecule has 0 atom stereocenters. The Balaban J connectivity index is 2.35. The number of nitrogens with two attached hydrogens (primary N) is 1. The third-order valence-electron chi connectivity index (χ3n) is 3.10. The van der Waals surface area contributed by atoms with Gasteiger partial charge < -0.3 is 10.5 Å². The van der Waals surface area contributed by atoms with E-state index in [0.717, 1.165) is 5.56 Å². The SMILES string of the molecule is CCc1ccc(N)cc1S(=O)(=O)Nc1ccc(OC)cc1. The van der Waals surface area contributed by atoms with Gasteiger partial charge in [0, 0.05) is 11.4 Å². The summed E-state index contributed by atoms with van der Waals surface area (Å²) in [6.07, 6.45) is 0.610. The van der Waals surface area contributed by atoms with Crippen LogP contribution in [-0.2, 0) is 16.4 Å². The number of methoxy groups -OCH3 is 1. The summed E-state index contributed by atoms with van der Waals surface area (Å²) >= 11 is 0. The maximum absolute atomic E-state index is 12.5. The number of anilines is 2. The fourth-order valence-corrected chi connectivity index (χ4v) is 3.39. The van der Waals surface area contributed by atoms with E-state index in [1.165, 1.54) is 6.07 Å². The second-order valence-corrected chi connectivity index (χ2v) is 6.21. The van der Waals surface area contributed by atoms with E-state index >= 15 is 0 Å². The number of hydrogen-bond donors (Lipinski definition) is 2. The molecule has 0 aliphatic rings. The van der Waals surface area contributed by atoms with Crippen LogP contribution < -0.4 is 15.2 Å². The van der Waals surface area contributed by atoms with Crippen molar-refractivity contribution >= 4 is 21.4 Å². The Hall–Kier alpha value is -2.21. The van der Waals surface area contributed by atoms with Crippen LogP contribution in [0, 0.1) is 0 Å². The Morgan fingerprint density at radius 1 is 1.14 bits per heavy atom. The minimum absolute atomic E-state index is 0.209. The molecule has 2 rings (SSSR count). The summed E-state index contributed by atoms with van der Waals surface area (Å²) < 4.78 is 32.6. The van der Waals surface area contributed by atoms with Gasteiger partial charge in [0.05, 0.1) is 12.0 Å². The minimum Gasteiger partial charge on any atom is -0.497 e. The quantitative estimate of drug-likeness (QED) is 0.832. The van der Waals surface area contributed by atoms with Crippen molar-refractivity contribution in [2.24, 2.45) is 0 Å². The van der Waals surface area contributed by atoms with Gasteiger partial charge in [-0.3, -0.25) is 4.72 Å². The molecule has 2 aromatic rings. The Bertz CT molecular complexity index is 725. The summed E-state index contributed by atoms with van der Waals surface area (Å²) in [5, 5.41) is 0. The fraction of sp³-hybridized carbons (Fsp3) is 0.200. The molecule has 21 heavy (non-hydrogen) atoms. The minimum atomic E-state index is -3.67. The third-order valence-corrected chi connectivity index (χ3v) is 4.57. The molecule has 0 radical (unpaired) electrons. The molecule has 3 N–H and O–H groups in total. The molecule has 0 spiro atoms. The van der Waals surface area contributed by atoms with Crippen molar-refractivity contribution in [2.45, 2.75) is 18.2 Å². The van der Waals surface area contributed by atoms with Gasteiger partial charge in [0.1, 0.15) is 5.75 Å². The molecule has 0 saturated carbocycles. The average molecular weight is 306 g/mol. The summed E-state index contributed by atoms with van der Waals surface area (Å²) in [4.78, 5) is 0.209. The standard InChI is InChI=1S/C15H18N2O3S/c1-3-11-4-5-12(16)10-15(11)21(18,19)17-13-6-8-14(20-2)9-7-13/h4-10,17H,3,16H2,1-2H3. The van der Waals surface area contributed by atoms with Crippen LogP contribution in [-0.4, -0.2) is 15.5 Å². The largest absolute Gasteiger partial charge is 0.497 e. The number of sulfonamides is 1. The number of nitrogens with one attached hydrogen (secondary N) is 1. The van der Waals surface area contributed by atoms with Gasteiger partial charge in [-0.15, -0.1) is 0 Å². The Labute approximate surface area is 124 Å². The second kappa shape index (κ2) is 6.05. The van der Waals surface area contributed by atoms with Gasteiger partial charge in [0.2, 0.25) is 0 Å². The van der Waals surface area contributed by atoms with E-state index in [1.54, 1.807) is 43.5 Å². The predicted octanol–water partition coefficient (Wildman–Crippen LogP) is 2.64. The van der Waals surface area contributed by atoms with Crippen LogP contribution in [0.25, 0.3) is 0 Å². The van der Waals surface area contributed by atoms with E-state index in [0.29, 0.717) is 23.5 Å². The van der Waals surface area contributed by atoms with Gasteiger partial charge in [-0.05, 0) is 48.4 Å². The van der Waals surface area contributed by atoms with Gasteiger partial charge in [0.25, 0.3) is 10.0 Å². The van der Waals surface area contributed by atoms with Crippen molar-refractivity contribution in [1.29, 1.82) is 0 Å². The van der Waals surface area contributed by atoms with Crippen LogP contribution in [0.3, 0.4) is 0 Å². The highest BCUT2D eigenvalue weighted by Gasteiger charge is 2.18. The lowest BCUT2D eigenvalue weighted by atomic mass is 10.1. The molecule has 0 saturated heterocycles. The lowest BCUT2D eigenvalue weighted by Gasteiger charge is -2.12. The van der Waals surface area contributed by atoms with Crippen LogP contribution in [0.2, 0.25) is 0 Å². The molecule has 0 fully saturated rings. The fourth-order valence-electron chi connectivity index (χ4n) is 1.98. The first-order chi connectivity index (χ1) is 9.96. The van der Waals surface area contributed by atoms with E-state index < -0.39 is 10.0 Å². The summed E-state index contributed by atoms with van der Waals surface area (Å²) in [5.74, 6) is 0.663. The number of aryl methyl sites for hydroxylation is 1. The second-order valence-electron chi connectivity index (χ2n) is 4.55. The van der Waals surface area contributed by atoms with Crippen LogP contribution in [0.4, 0.5) is 11.4 Å². The number of ether oxygens (including phenoxy) is 1. The summed E-state index contributed by atoms with van der Waals surface area (Å²) in [7, 11) is -2.11. The lowest BCUT2D eigenvalue weighted by Crippen LogP contribution is -2.15. The molecule has 0 aliphatic carbocycles. The molecule has 0 aliphatic heterocycles. The molecule has 0 unspecified atom stereocenters. The highest BCUT2D eigenvalue weighted by molar-refractivity contribution is 7.92. The number of nitrogen functional groups attached to an aromatic ring is 1. The summed E-state index contributed by atoms with van der Waals surface area (Å²) in [6.45, 7) is 1.90. The maximum Gasteiger partial charge on any atom is 0.262 e. The molecule has 0 bridgehead atoms. The molecule has 6 heteroatoms. The summed E-state index contributed by atoms with van der Waals surface area (Å²) in [6, 6.07) is 11.6. The van der Waals surface area contributed by atoms with E-state index in [-0.39, 0.29) is 4.90 Å². The number of hydrogen-bond acceptors (Lipinski definition) is 4. The van der Waals surface area contributed by atoms with Gasteiger partial charge >= 0.3 is 0 Å². The molecule has 0 amide bonds. The van der Waals surface area contributed by atoms with Crippen LogP contribution in [0.1, 0.15) is 12.5 Å². The molecule has 0 heterocycles. The van der Waals surface area contributed by atoms with Crippen LogP contribution in [0.5, 0.6) is 5.75 Å². The lowest BCUT2D eigenvalue weighted by molar-refractivity contribution is 0.415. The molecule has 112 valence electrons. The van der Waals surface area contributed by atoms with Crippen molar-refractivity contribution < 1.29 is 13.2 Å². The van der Waals surface area contributed by atoms with Gasteiger partial charge in [0.15, 0.2) is 0 Å². The number of benzene rings is 2. The first kappa shape index (κ1) is 15.2. The van der Waals surface area contributed by atoms with E-state index in [1.807, 2.05) is 6.92 Å². The van der Waals surface area contributed by atoms with Crippen molar-refractivity contribution in [3.8, 4) is 5.75 Å².